The predicted octanol–water partition coefficient (Wildman–Crippen LogP) is 2.32. The number of hydrogen-bond acceptors (Lipinski definition) is 4. The highest BCUT2D eigenvalue weighted by molar-refractivity contribution is 7.99. The molecule has 0 radical (unpaired) electrons. The molecular formula is C16H24N2OS. The van der Waals surface area contributed by atoms with E-state index in [9.17, 15) is 0 Å². The molecule has 0 amide bonds. The minimum Gasteiger partial charge on any atom is -0.497 e. The normalized spacial score (nSPS) is 22.8. The standard InChI is InChI=1S/C16H24N2OS/c1-19-14-4-2-13-3-5-16(15(13)12-14)17-6-7-18-8-10-20-11-9-18/h2,4,12,16-17H,3,5-11H2,1H3. The van der Waals surface area contributed by atoms with Crippen LogP contribution in [-0.4, -0.2) is 49.7 Å². The molecule has 1 aliphatic heterocycles. The number of nitrogens with one attached hydrogen (secondary N) is 1. The fourth-order valence-corrected chi connectivity index (χ4v) is 4.12. The van der Waals surface area contributed by atoms with Crippen LogP contribution < -0.4 is 10.1 Å². The minimum atomic E-state index is 0.513. The Hall–Kier alpha value is -0.710. The van der Waals surface area contributed by atoms with Crippen LogP contribution in [0.5, 0.6) is 5.75 Å². The van der Waals surface area contributed by atoms with Gasteiger partial charge in [-0.25, -0.2) is 0 Å². The Morgan fingerprint density at radius 2 is 2.20 bits per heavy atom. The molecule has 0 saturated carbocycles. The van der Waals surface area contributed by atoms with Gasteiger partial charge in [-0.3, -0.25) is 0 Å². The van der Waals surface area contributed by atoms with Crippen LogP contribution in [0.2, 0.25) is 0 Å². The van der Waals surface area contributed by atoms with Gasteiger partial charge in [0.2, 0.25) is 0 Å². The van der Waals surface area contributed by atoms with Crippen LogP contribution in [0.15, 0.2) is 18.2 Å². The summed E-state index contributed by atoms with van der Waals surface area (Å²) in [6.07, 6.45) is 2.41. The quantitative estimate of drug-likeness (QED) is 0.900. The van der Waals surface area contributed by atoms with E-state index < -0.39 is 0 Å². The van der Waals surface area contributed by atoms with Gasteiger partial charge in [-0.1, -0.05) is 6.07 Å². The van der Waals surface area contributed by atoms with E-state index in [1.807, 2.05) is 0 Å². The van der Waals surface area contributed by atoms with Gasteiger partial charge in [0.1, 0.15) is 5.75 Å². The highest BCUT2D eigenvalue weighted by Gasteiger charge is 2.22. The Morgan fingerprint density at radius 1 is 1.35 bits per heavy atom. The molecule has 0 spiro atoms. The van der Waals surface area contributed by atoms with Gasteiger partial charge in [0.05, 0.1) is 7.11 Å². The molecule has 1 unspecified atom stereocenters. The fourth-order valence-electron chi connectivity index (χ4n) is 3.14. The summed E-state index contributed by atoms with van der Waals surface area (Å²) in [5.74, 6) is 3.57. The largest absolute Gasteiger partial charge is 0.497 e. The second kappa shape index (κ2) is 6.83. The maximum Gasteiger partial charge on any atom is 0.119 e. The molecule has 0 bridgehead atoms. The molecule has 1 aromatic rings. The van der Waals surface area contributed by atoms with Crippen molar-refractivity contribution in [1.82, 2.24) is 10.2 Å². The van der Waals surface area contributed by atoms with Crippen LogP contribution in [0, 0.1) is 0 Å². The summed E-state index contributed by atoms with van der Waals surface area (Å²) >= 11 is 2.08. The first-order chi connectivity index (χ1) is 9.86. The molecular weight excluding hydrogens is 268 g/mol. The smallest absolute Gasteiger partial charge is 0.119 e. The van der Waals surface area contributed by atoms with Crippen molar-refractivity contribution in [2.45, 2.75) is 18.9 Å². The summed E-state index contributed by atoms with van der Waals surface area (Å²) in [7, 11) is 1.74. The number of methoxy groups -OCH3 is 1. The summed E-state index contributed by atoms with van der Waals surface area (Å²) in [4.78, 5) is 2.57. The Balaban J connectivity index is 1.52. The van der Waals surface area contributed by atoms with Crippen molar-refractivity contribution in [3.05, 3.63) is 29.3 Å². The number of benzene rings is 1. The average Bonchev–Trinajstić information content (AvgIpc) is 2.91. The number of hydrogen-bond donors (Lipinski definition) is 1. The molecule has 3 rings (SSSR count). The zero-order chi connectivity index (χ0) is 13.8. The number of thioether (sulfide) groups is 1. The third kappa shape index (κ3) is 3.30. The molecule has 1 heterocycles. The van der Waals surface area contributed by atoms with E-state index in [0.29, 0.717) is 6.04 Å². The zero-order valence-electron chi connectivity index (χ0n) is 12.2. The van der Waals surface area contributed by atoms with Crippen molar-refractivity contribution in [2.75, 3.05) is 44.8 Å². The first-order valence-electron chi connectivity index (χ1n) is 7.57. The van der Waals surface area contributed by atoms with E-state index in [1.54, 1.807) is 7.11 Å². The van der Waals surface area contributed by atoms with Crippen molar-refractivity contribution in [3.8, 4) is 5.75 Å². The van der Waals surface area contributed by atoms with Crippen LogP contribution >= 0.6 is 11.8 Å². The predicted molar refractivity (Wildman–Crippen MR) is 85.8 cm³/mol. The fraction of sp³-hybridized carbons (Fsp3) is 0.625. The maximum atomic E-state index is 5.35. The molecule has 1 N–H and O–H groups in total. The Bertz CT molecular complexity index is 446. The van der Waals surface area contributed by atoms with Gasteiger partial charge in [-0.15, -0.1) is 0 Å². The number of aryl methyl sites for hydroxylation is 1. The number of fused-ring (bicyclic) bond motifs is 1. The SMILES string of the molecule is COc1ccc2c(c1)C(NCCN1CCSCC1)CC2. The molecule has 0 aromatic heterocycles. The lowest BCUT2D eigenvalue weighted by atomic mass is 10.1. The van der Waals surface area contributed by atoms with Crippen LogP contribution in [0.4, 0.5) is 0 Å². The Labute approximate surface area is 126 Å². The van der Waals surface area contributed by atoms with E-state index in [-0.39, 0.29) is 0 Å². The number of nitrogens with zero attached hydrogens (tertiary/aromatic N) is 1. The van der Waals surface area contributed by atoms with Crippen molar-refractivity contribution in [1.29, 1.82) is 0 Å². The monoisotopic (exact) mass is 292 g/mol. The van der Waals surface area contributed by atoms with Crippen LogP contribution in [0.25, 0.3) is 0 Å². The third-order valence-corrected chi connectivity index (χ3v) is 5.30. The lowest BCUT2D eigenvalue weighted by Gasteiger charge is -2.27. The molecule has 4 heteroatoms. The third-order valence-electron chi connectivity index (χ3n) is 4.35. The van der Waals surface area contributed by atoms with Gasteiger partial charge < -0.3 is 15.0 Å². The Kier molecular flexibility index (Phi) is 4.86. The molecule has 3 nitrogen and oxygen atoms in total. The van der Waals surface area contributed by atoms with Crippen LogP contribution in [0.3, 0.4) is 0 Å². The first kappa shape index (κ1) is 14.2. The minimum absolute atomic E-state index is 0.513. The summed E-state index contributed by atoms with van der Waals surface area (Å²) in [6.45, 7) is 4.77. The van der Waals surface area contributed by atoms with Crippen molar-refractivity contribution >= 4 is 11.8 Å². The van der Waals surface area contributed by atoms with Gasteiger partial charge in [0.15, 0.2) is 0 Å². The summed E-state index contributed by atoms with van der Waals surface area (Å²) in [6, 6.07) is 7.02. The van der Waals surface area contributed by atoms with E-state index in [1.165, 1.54) is 55.1 Å². The highest BCUT2D eigenvalue weighted by atomic mass is 32.2. The summed E-state index contributed by atoms with van der Waals surface area (Å²) < 4.78 is 5.35. The van der Waals surface area contributed by atoms with Gasteiger partial charge in [0.25, 0.3) is 0 Å². The second-order valence-corrected chi connectivity index (χ2v) is 6.79. The van der Waals surface area contributed by atoms with E-state index in [0.717, 1.165) is 12.3 Å². The number of ether oxygens (including phenoxy) is 1. The van der Waals surface area contributed by atoms with Gasteiger partial charge >= 0.3 is 0 Å². The van der Waals surface area contributed by atoms with Crippen LogP contribution in [-0.2, 0) is 6.42 Å². The van der Waals surface area contributed by atoms with Crippen molar-refractivity contribution < 1.29 is 4.74 Å². The molecule has 110 valence electrons. The highest BCUT2D eigenvalue weighted by Crippen LogP contribution is 2.33. The van der Waals surface area contributed by atoms with Gasteiger partial charge in [-0.05, 0) is 36.1 Å². The van der Waals surface area contributed by atoms with E-state index >= 15 is 0 Å². The molecule has 1 aromatic carbocycles. The molecule has 1 aliphatic carbocycles. The zero-order valence-corrected chi connectivity index (χ0v) is 13.0. The van der Waals surface area contributed by atoms with Gasteiger partial charge in [-0.2, -0.15) is 11.8 Å². The molecule has 20 heavy (non-hydrogen) atoms. The lowest BCUT2D eigenvalue weighted by Crippen LogP contribution is -2.38. The topological polar surface area (TPSA) is 24.5 Å². The molecule has 1 fully saturated rings. The first-order valence-corrected chi connectivity index (χ1v) is 8.72. The number of rotatable bonds is 5. The second-order valence-electron chi connectivity index (χ2n) is 5.56. The van der Waals surface area contributed by atoms with Crippen LogP contribution in [0.1, 0.15) is 23.6 Å². The maximum absolute atomic E-state index is 5.35. The van der Waals surface area contributed by atoms with Crippen molar-refractivity contribution in [3.63, 3.8) is 0 Å². The van der Waals surface area contributed by atoms with E-state index in [4.69, 9.17) is 4.74 Å². The molecule has 1 saturated heterocycles. The molecule has 1 atom stereocenters. The molecule has 2 aliphatic rings. The van der Waals surface area contributed by atoms with Crippen molar-refractivity contribution in [2.24, 2.45) is 0 Å². The Morgan fingerprint density at radius 3 is 3.00 bits per heavy atom. The summed E-state index contributed by atoms with van der Waals surface area (Å²) in [5.41, 5.74) is 2.93. The van der Waals surface area contributed by atoms with Gasteiger partial charge in [0, 0.05) is 43.7 Å². The average molecular weight is 292 g/mol. The summed E-state index contributed by atoms with van der Waals surface area (Å²) in [5, 5.41) is 3.73. The lowest BCUT2D eigenvalue weighted by molar-refractivity contribution is 0.295. The van der Waals surface area contributed by atoms with E-state index in [2.05, 4.69) is 40.2 Å².